The van der Waals surface area contributed by atoms with Gasteiger partial charge in [0.15, 0.2) is 0 Å². The molecule has 6 heteroatoms. The predicted octanol–water partition coefficient (Wildman–Crippen LogP) is 4.23. The number of Topliss-reactive ketones (excluding diaryl/α,β-unsaturated/α-hetero) is 1. The Morgan fingerprint density at radius 3 is 1.94 bits per heavy atom. The minimum absolute atomic E-state index is 0.0676. The molecule has 88 valence electrons. The summed E-state index contributed by atoms with van der Waals surface area (Å²) in [5, 5.41) is 0.135. The van der Waals surface area contributed by atoms with Crippen molar-refractivity contribution < 1.29 is 18.0 Å². The van der Waals surface area contributed by atoms with Crippen LogP contribution in [0.5, 0.6) is 0 Å². The molecule has 0 bridgehead atoms. The van der Waals surface area contributed by atoms with Gasteiger partial charge in [-0.3, -0.25) is 4.79 Å². The fourth-order valence-corrected chi connectivity index (χ4v) is 1.94. The first-order valence-electron chi connectivity index (χ1n) is 4.25. The van der Waals surface area contributed by atoms with Crippen LogP contribution in [0.4, 0.5) is 13.2 Å². The molecule has 0 saturated carbocycles. The standard InChI is InChI=1S/C10H7Cl2F3O/c1-5(16)9(10(13,14)15)6-2-7(11)4-8(12)3-6/h2-4,9H,1H3. The molecule has 1 unspecified atom stereocenters. The number of hydrogen-bond donors (Lipinski definition) is 0. The molecule has 0 aliphatic heterocycles. The SMILES string of the molecule is CC(=O)C(c1cc(Cl)cc(Cl)c1)C(F)(F)F. The van der Waals surface area contributed by atoms with E-state index in [0.717, 1.165) is 19.1 Å². The Kier molecular flexibility index (Phi) is 3.86. The van der Waals surface area contributed by atoms with Crippen molar-refractivity contribution in [2.24, 2.45) is 0 Å². The second kappa shape index (κ2) is 4.63. The molecular weight excluding hydrogens is 264 g/mol. The van der Waals surface area contributed by atoms with Gasteiger partial charge in [0.2, 0.25) is 0 Å². The highest BCUT2D eigenvalue weighted by atomic mass is 35.5. The molecule has 0 saturated heterocycles. The molecule has 0 amide bonds. The Morgan fingerprint density at radius 2 is 1.62 bits per heavy atom. The molecule has 0 heterocycles. The maximum Gasteiger partial charge on any atom is 0.402 e. The Morgan fingerprint density at radius 1 is 1.19 bits per heavy atom. The lowest BCUT2D eigenvalue weighted by molar-refractivity contribution is -0.162. The molecule has 0 aliphatic carbocycles. The fourth-order valence-electron chi connectivity index (χ4n) is 1.40. The zero-order valence-electron chi connectivity index (χ0n) is 8.11. The molecule has 16 heavy (non-hydrogen) atoms. The van der Waals surface area contributed by atoms with E-state index >= 15 is 0 Å². The smallest absolute Gasteiger partial charge is 0.299 e. The van der Waals surface area contributed by atoms with Crippen LogP contribution in [-0.4, -0.2) is 12.0 Å². The largest absolute Gasteiger partial charge is 0.402 e. The zero-order chi connectivity index (χ0) is 12.5. The topological polar surface area (TPSA) is 17.1 Å². The summed E-state index contributed by atoms with van der Waals surface area (Å²) in [5.41, 5.74) is -0.238. The van der Waals surface area contributed by atoms with Gasteiger partial charge in [-0.25, -0.2) is 0 Å². The summed E-state index contributed by atoms with van der Waals surface area (Å²) in [6.07, 6.45) is -4.64. The van der Waals surface area contributed by atoms with Gasteiger partial charge in [-0.15, -0.1) is 0 Å². The second-order valence-electron chi connectivity index (χ2n) is 3.29. The van der Waals surface area contributed by atoms with Gasteiger partial charge in [0.05, 0.1) is 0 Å². The zero-order valence-corrected chi connectivity index (χ0v) is 9.62. The van der Waals surface area contributed by atoms with Crippen LogP contribution in [0, 0.1) is 0 Å². The first-order chi connectivity index (χ1) is 7.21. The Balaban J connectivity index is 3.27. The van der Waals surface area contributed by atoms with Crippen LogP contribution in [-0.2, 0) is 4.79 Å². The van der Waals surface area contributed by atoms with Crippen molar-refractivity contribution in [3.8, 4) is 0 Å². The van der Waals surface area contributed by atoms with Crippen molar-refractivity contribution in [3.05, 3.63) is 33.8 Å². The summed E-state index contributed by atoms with van der Waals surface area (Å²) < 4.78 is 37.8. The van der Waals surface area contributed by atoms with E-state index in [4.69, 9.17) is 23.2 Å². The molecular formula is C10H7Cl2F3O. The third-order valence-electron chi connectivity index (χ3n) is 1.95. The summed E-state index contributed by atoms with van der Waals surface area (Å²) in [4.78, 5) is 11.0. The van der Waals surface area contributed by atoms with E-state index in [0.29, 0.717) is 0 Å². The Bertz CT molecular complexity index is 395. The van der Waals surface area contributed by atoms with Crippen LogP contribution in [0.3, 0.4) is 0 Å². The highest BCUT2D eigenvalue weighted by molar-refractivity contribution is 6.34. The number of hydrogen-bond acceptors (Lipinski definition) is 1. The summed E-state index contributed by atoms with van der Waals surface area (Å²) in [7, 11) is 0. The number of rotatable bonds is 2. The van der Waals surface area contributed by atoms with Crippen molar-refractivity contribution >= 4 is 29.0 Å². The number of carbonyl (C=O) groups excluding carboxylic acids is 1. The summed E-state index contributed by atoms with van der Waals surface area (Å²) in [5.74, 6) is -3.17. The molecule has 0 aliphatic rings. The monoisotopic (exact) mass is 270 g/mol. The maximum absolute atomic E-state index is 12.6. The van der Waals surface area contributed by atoms with E-state index in [1.165, 1.54) is 6.07 Å². The number of ketones is 1. The van der Waals surface area contributed by atoms with E-state index < -0.39 is 17.9 Å². The Labute approximate surface area is 100 Å². The number of benzene rings is 1. The molecule has 0 radical (unpaired) electrons. The second-order valence-corrected chi connectivity index (χ2v) is 4.16. The van der Waals surface area contributed by atoms with Crippen molar-refractivity contribution in [3.63, 3.8) is 0 Å². The van der Waals surface area contributed by atoms with Crippen molar-refractivity contribution in [1.82, 2.24) is 0 Å². The van der Waals surface area contributed by atoms with Crippen LogP contribution in [0.25, 0.3) is 0 Å². The van der Waals surface area contributed by atoms with Crippen LogP contribution in [0.2, 0.25) is 10.0 Å². The van der Waals surface area contributed by atoms with Gasteiger partial charge < -0.3 is 0 Å². The number of carbonyl (C=O) groups is 1. The molecule has 0 spiro atoms. The van der Waals surface area contributed by atoms with Gasteiger partial charge in [0, 0.05) is 10.0 Å². The first kappa shape index (κ1) is 13.3. The molecule has 1 rings (SSSR count). The first-order valence-corrected chi connectivity index (χ1v) is 5.00. The minimum atomic E-state index is -4.64. The van der Waals surface area contributed by atoms with E-state index in [9.17, 15) is 18.0 Å². The van der Waals surface area contributed by atoms with Gasteiger partial charge >= 0.3 is 6.18 Å². The quantitative estimate of drug-likeness (QED) is 0.786. The van der Waals surface area contributed by atoms with Gasteiger partial charge in [0.1, 0.15) is 11.7 Å². The van der Waals surface area contributed by atoms with Crippen molar-refractivity contribution in [2.45, 2.75) is 19.0 Å². The maximum atomic E-state index is 12.6. The summed E-state index contributed by atoms with van der Waals surface area (Å²) in [6, 6.07) is 3.49. The van der Waals surface area contributed by atoms with Gasteiger partial charge in [0.25, 0.3) is 0 Å². The summed E-state index contributed by atoms with van der Waals surface area (Å²) in [6.45, 7) is 0.882. The average molecular weight is 271 g/mol. The van der Waals surface area contributed by atoms with Gasteiger partial charge in [-0.05, 0) is 30.7 Å². The molecule has 1 nitrogen and oxygen atoms in total. The molecule has 1 atom stereocenters. The molecule has 1 aromatic carbocycles. The lowest BCUT2D eigenvalue weighted by Crippen LogP contribution is -2.26. The van der Waals surface area contributed by atoms with Crippen LogP contribution in [0.1, 0.15) is 18.4 Å². The third-order valence-corrected chi connectivity index (χ3v) is 2.39. The van der Waals surface area contributed by atoms with Crippen LogP contribution in [0.15, 0.2) is 18.2 Å². The highest BCUT2D eigenvalue weighted by Crippen LogP contribution is 2.37. The molecule has 0 fully saturated rings. The minimum Gasteiger partial charge on any atom is -0.299 e. The number of alkyl halides is 3. The third kappa shape index (κ3) is 3.12. The molecule has 1 aromatic rings. The van der Waals surface area contributed by atoms with Gasteiger partial charge in [-0.1, -0.05) is 23.2 Å². The fraction of sp³-hybridized carbons (Fsp3) is 0.300. The van der Waals surface area contributed by atoms with Crippen molar-refractivity contribution in [2.75, 3.05) is 0 Å². The molecule has 0 N–H and O–H groups in total. The van der Waals surface area contributed by atoms with E-state index in [1.807, 2.05) is 0 Å². The summed E-state index contributed by atoms with van der Waals surface area (Å²) >= 11 is 11.2. The van der Waals surface area contributed by atoms with E-state index in [1.54, 1.807) is 0 Å². The highest BCUT2D eigenvalue weighted by Gasteiger charge is 2.44. The van der Waals surface area contributed by atoms with Crippen molar-refractivity contribution in [1.29, 1.82) is 0 Å². The average Bonchev–Trinajstić information content (AvgIpc) is 1.96. The lowest BCUT2D eigenvalue weighted by atomic mass is 9.95. The van der Waals surface area contributed by atoms with Crippen LogP contribution < -0.4 is 0 Å². The molecule has 0 aromatic heterocycles. The normalized spacial score (nSPS) is 13.6. The number of halogens is 5. The lowest BCUT2D eigenvalue weighted by Gasteiger charge is -2.18. The van der Waals surface area contributed by atoms with Crippen LogP contribution >= 0.6 is 23.2 Å². The predicted molar refractivity (Wildman–Crippen MR) is 55.9 cm³/mol. The van der Waals surface area contributed by atoms with E-state index in [-0.39, 0.29) is 15.6 Å². The van der Waals surface area contributed by atoms with Gasteiger partial charge in [-0.2, -0.15) is 13.2 Å². The van der Waals surface area contributed by atoms with E-state index in [2.05, 4.69) is 0 Å². The Hall–Kier alpha value is -0.740.